The van der Waals surface area contributed by atoms with Crippen LogP contribution in [0.5, 0.6) is 0 Å². The molecule has 15 heteroatoms. The smallest absolute Gasteiger partial charge is 0.289 e. The lowest BCUT2D eigenvalue weighted by atomic mass is 9.84. The first-order valence-corrected chi connectivity index (χ1v) is 15.1. The number of nitrogen functional groups attached to an aromatic ring is 1. The van der Waals surface area contributed by atoms with Crippen LogP contribution in [-0.4, -0.2) is 69.4 Å². The number of carbonyl (C=O) groups is 4. The summed E-state index contributed by atoms with van der Waals surface area (Å²) in [4.78, 5) is 60.1. The number of aliphatic imine (C=N–C) groups is 1. The summed E-state index contributed by atoms with van der Waals surface area (Å²) >= 11 is 0. The molecule has 0 bridgehead atoms. The molecule has 4 amide bonds. The predicted molar refractivity (Wildman–Crippen MR) is 157 cm³/mol. The number of hydrogen-bond donors (Lipinski definition) is 8. The van der Waals surface area contributed by atoms with Gasteiger partial charge in [-0.1, -0.05) is 64.2 Å². The van der Waals surface area contributed by atoms with Crippen molar-refractivity contribution in [3.05, 3.63) is 5.82 Å². The number of guanidine groups is 1. The first-order valence-electron chi connectivity index (χ1n) is 15.1. The van der Waals surface area contributed by atoms with Crippen molar-refractivity contribution < 1.29 is 19.2 Å². The van der Waals surface area contributed by atoms with Gasteiger partial charge in [-0.05, 0) is 37.5 Å². The van der Waals surface area contributed by atoms with E-state index < -0.39 is 41.8 Å². The van der Waals surface area contributed by atoms with E-state index in [0.29, 0.717) is 25.2 Å². The van der Waals surface area contributed by atoms with E-state index in [-0.39, 0.29) is 36.6 Å². The third kappa shape index (κ3) is 10.8. The van der Waals surface area contributed by atoms with Crippen molar-refractivity contribution in [2.75, 3.05) is 12.3 Å². The molecular weight excluding hydrogens is 542 g/mol. The molecule has 0 aromatic carbocycles. The van der Waals surface area contributed by atoms with Crippen LogP contribution < -0.4 is 38.9 Å². The van der Waals surface area contributed by atoms with Gasteiger partial charge in [-0.15, -0.1) is 5.10 Å². The number of nitrogens with zero attached hydrogens (tertiary/aromatic N) is 3. The molecule has 1 aromatic heterocycles. The minimum absolute atomic E-state index is 0.0791. The molecule has 0 aliphatic heterocycles. The Morgan fingerprint density at radius 1 is 0.810 bits per heavy atom. The highest BCUT2D eigenvalue weighted by atomic mass is 16.2. The van der Waals surface area contributed by atoms with E-state index in [1.807, 2.05) is 0 Å². The molecule has 12 N–H and O–H groups in total. The van der Waals surface area contributed by atoms with Gasteiger partial charge in [-0.25, -0.2) is 0 Å². The normalized spacial score (nSPS) is 18.3. The zero-order chi connectivity index (χ0) is 30.5. The monoisotopic (exact) mass is 589 g/mol. The van der Waals surface area contributed by atoms with E-state index in [1.54, 1.807) is 0 Å². The highest BCUT2D eigenvalue weighted by Crippen LogP contribution is 2.28. The van der Waals surface area contributed by atoms with Crippen molar-refractivity contribution >= 4 is 35.5 Å². The second kappa shape index (κ2) is 16.5. The summed E-state index contributed by atoms with van der Waals surface area (Å²) in [7, 11) is 0. The standard InChI is InChI=1S/C27H47N11O4/c28-21(39)19(14-16-8-3-1-4-9-16)34-23(40)18(12-7-13-32-26(29)30)33-24(41)20(15-17-10-5-2-6-11-17)35-25(42)22-36-27(31)38-37-22/h16-20H,1-15H2,(H2,28,39)(H,33,41)(H,34,40)(H,35,42)(H4,29,30,32)(H3,31,36,37,38)/t18-,19-,20-/m0/s1. The van der Waals surface area contributed by atoms with Crippen molar-refractivity contribution in [3.8, 4) is 0 Å². The highest BCUT2D eigenvalue weighted by Gasteiger charge is 2.32. The van der Waals surface area contributed by atoms with E-state index >= 15 is 0 Å². The van der Waals surface area contributed by atoms with Crippen LogP contribution in [0, 0.1) is 11.8 Å². The minimum atomic E-state index is -1.01. The third-order valence-corrected chi connectivity index (χ3v) is 8.17. The molecule has 234 valence electrons. The second-order valence-electron chi connectivity index (χ2n) is 11.5. The van der Waals surface area contributed by atoms with Crippen molar-refractivity contribution in [2.45, 2.75) is 108 Å². The van der Waals surface area contributed by atoms with E-state index in [1.165, 1.54) is 0 Å². The van der Waals surface area contributed by atoms with Crippen molar-refractivity contribution in [3.63, 3.8) is 0 Å². The van der Waals surface area contributed by atoms with Crippen LogP contribution in [0.1, 0.15) is 101 Å². The molecule has 0 saturated heterocycles. The Kier molecular flexibility index (Phi) is 12.8. The molecule has 15 nitrogen and oxygen atoms in total. The summed E-state index contributed by atoms with van der Waals surface area (Å²) in [5.41, 5.74) is 22.1. The van der Waals surface area contributed by atoms with E-state index in [4.69, 9.17) is 22.9 Å². The zero-order valence-electron chi connectivity index (χ0n) is 24.3. The van der Waals surface area contributed by atoms with E-state index in [9.17, 15) is 19.2 Å². The third-order valence-electron chi connectivity index (χ3n) is 8.17. The van der Waals surface area contributed by atoms with Gasteiger partial charge in [0.25, 0.3) is 5.91 Å². The molecule has 0 spiro atoms. The van der Waals surface area contributed by atoms with Gasteiger partial charge in [-0.2, -0.15) is 4.98 Å². The average Bonchev–Trinajstić information content (AvgIpc) is 3.41. The Morgan fingerprint density at radius 2 is 1.36 bits per heavy atom. The number of aromatic amines is 1. The Bertz CT molecular complexity index is 1080. The number of nitrogens with one attached hydrogen (secondary N) is 4. The topological polar surface area (TPSA) is 262 Å². The van der Waals surface area contributed by atoms with Crippen LogP contribution in [0.4, 0.5) is 5.95 Å². The molecule has 1 heterocycles. The maximum Gasteiger partial charge on any atom is 0.289 e. The Morgan fingerprint density at radius 3 is 1.88 bits per heavy atom. The summed E-state index contributed by atoms with van der Waals surface area (Å²) < 4.78 is 0. The molecule has 2 aliphatic rings. The molecule has 3 atom stereocenters. The van der Waals surface area contributed by atoms with Crippen LogP contribution >= 0.6 is 0 Å². The number of anilines is 1. The van der Waals surface area contributed by atoms with Gasteiger partial charge in [0.1, 0.15) is 18.1 Å². The number of H-pyrrole nitrogens is 1. The summed E-state index contributed by atoms with van der Waals surface area (Å²) in [6.07, 6.45) is 11.9. The van der Waals surface area contributed by atoms with Crippen LogP contribution in [-0.2, 0) is 14.4 Å². The van der Waals surface area contributed by atoms with E-state index in [2.05, 4.69) is 36.1 Å². The summed E-state index contributed by atoms with van der Waals surface area (Å²) in [5.74, 6) is -2.06. The van der Waals surface area contributed by atoms with Crippen LogP contribution in [0.2, 0.25) is 0 Å². The molecule has 3 rings (SSSR count). The SMILES string of the molecule is NC(=O)[C@H](CC1CCCCC1)NC(=O)[C@H](CCCN=C(N)N)NC(=O)[C@H](CC1CCCCC1)NC(=O)c1nc(N)n[nH]1. The fourth-order valence-electron chi connectivity index (χ4n) is 5.91. The van der Waals surface area contributed by atoms with Gasteiger partial charge in [0.15, 0.2) is 5.96 Å². The van der Waals surface area contributed by atoms with Crippen LogP contribution in [0.3, 0.4) is 0 Å². The maximum absolute atomic E-state index is 13.6. The lowest BCUT2D eigenvalue weighted by Crippen LogP contribution is -2.57. The maximum atomic E-state index is 13.6. The van der Waals surface area contributed by atoms with E-state index in [0.717, 1.165) is 64.2 Å². The Labute approximate surface area is 246 Å². The number of primary amides is 1. The molecule has 2 saturated carbocycles. The number of amides is 4. The lowest BCUT2D eigenvalue weighted by Gasteiger charge is -2.29. The fourth-order valence-corrected chi connectivity index (χ4v) is 5.91. The quantitative estimate of drug-likeness (QED) is 0.0772. The van der Waals surface area contributed by atoms with Gasteiger partial charge in [0.05, 0.1) is 0 Å². The van der Waals surface area contributed by atoms with Gasteiger partial charge >= 0.3 is 0 Å². The number of rotatable bonds is 15. The van der Waals surface area contributed by atoms with Crippen LogP contribution in [0.15, 0.2) is 4.99 Å². The van der Waals surface area contributed by atoms with Crippen molar-refractivity contribution in [1.29, 1.82) is 0 Å². The number of nitrogens with two attached hydrogens (primary N) is 4. The molecule has 2 fully saturated rings. The van der Waals surface area contributed by atoms with Gasteiger partial charge < -0.3 is 38.9 Å². The predicted octanol–water partition coefficient (Wildman–Crippen LogP) is -0.0654. The Hall–Kier alpha value is -3.91. The average molecular weight is 590 g/mol. The molecule has 42 heavy (non-hydrogen) atoms. The first kappa shape index (κ1) is 32.6. The number of hydrogen-bond acceptors (Lipinski definition) is 8. The molecule has 1 aromatic rings. The van der Waals surface area contributed by atoms with Gasteiger partial charge in [-0.3, -0.25) is 29.3 Å². The minimum Gasteiger partial charge on any atom is -0.370 e. The summed E-state index contributed by atoms with van der Waals surface area (Å²) in [6, 6.07) is -2.80. The molecule has 0 radical (unpaired) electrons. The molecular formula is C27H47N11O4. The summed E-state index contributed by atoms with van der Waals surface area (Å²) in [6.45, 7) is 0.248. The second-order valence-corrected chi connectivity index (χ2v) is 11.5. The van der Waals surface area contributed by atoms with Crippen LogP contribution in [0.25, 0.3) is 0 Å². The number of carbonyl (C=O) groups excluding carboxylic acids is 4. The lowest BCUT2D eigenvalue weighted by molar-refractivity contribution is -0.132. The molecule has 0 unspecified atom stereocenters. The Balaban J connectivity index is 1.73. The zero-order valence-corrected chi connectivity index (χ0v) is 24.3. The first-order chi connectivity index (χ1) is 20.1. The van der Waals surface area contributed by atoms with Gasteiger partial charge in [0, 0.05) is 6.54 Å². The van der Waals surface area contributed by atoms with Crippen molar-refractivity contribution in [1.82, 2.24) is 31.1 Å². The highest BCUT2D eigenvalue weighted by molar-refractivity contribution is 5.97. The number of aromatic nitrogens is 3. The fraction of sp³-hybridized carbons (Fsp3) is 0.741. The molecule has 2 aliphatic carbocycles. The largest absolute Gasteiger partial charge is 0.370 e. The van der Waals surface area contributed by atoms with Crippen molar-refractivity contribution in [2.24, 2.45) is 34.0 Å². The summed E-state index contributed by atoms with van der Waals surface area (Å²) in [5, 5.41) is 14.4. The van der Waals surface area contributed by atoms with Gasteiger partial charge in [0.2, 0.25) is 29.5 Å².